The number of terminal acetylenes is 1. The maximum atomic E-state index is 11.4. The fourth-order valence-corrected chi connectivity index (χ4v) is 1.80. The number of thioether (sulfide) groups is 1. The van der Waals surface area contributed by atoms with Crippen molar-refractivity contribution in [2.45, 2.75) is 25.3 Å². The average Bonchev–Trinajstić information content (AvgIpc) is 2.36. The quantitative estimate of drug-likeness (QED) is 0.342. The van der Waals surface area contributed by atoms with Crippen LogP contribution in [0.5, 0.6) is 0 Å². The van der Waals surface area contributed by atoms with E-state index in [0.29, 0.717) is 18.1 Å². The molecule has 0 saturated heterocycles. The molecule has 20 heavy (non-hydrogen) atoms. The molecule has 4 N–H and O–H groups in total. The summed E-state index contributed by atoms with van der Waals surface area (Å²) in [6.45, 7) is 0.375. The highest BCUT2D eigenvalue weighted by Gasteiger charge is 2.19. The van der Waals surface area contributed by atoms with Crippen LogP contribution in [0.2, 0.25) is 0 Å². The molecule has 0 aromatic heterocycles. The van der Waals surface area contributed by atoms with Gasteiger partial charge in [0.1, 0.15) is 6.04 Å². The van der Waals surface area contributed by atoms with Gasteiger partial charge in [-0.15, -0.1) is 18.2 Å². The summed E-state index contributed by atoms with van der Waals surface area (Å²) in [5.41, 5.74) is 0. The Morgan fingerprint density at radius 2 is 2.00 bits per heavy atom. The van der Waals surface area contributed by atoms with Gasteiger partial charge in [-0.25, -0.2) is 9.59 Å². The smallest absolute Gasteiger partial charge is 0.326 e. The van der Waals surface area contributed by atoms with Crippen molar-refractivity contribution in [1.82, 2.24) is 10.6 Å². The Morgan fingerprint density at radius 3 is 2.55 bits per heavy atom. The Hall–Kier alpha value is -1.88. The van der Waals surface area contributed by atoms with Gasteiger partial charge in [0.25, 0.3) is 0 Å². The molecule has 0 spiro atoms. The van der Waals surface area contributed by atoms with Crippen LogP contribution in [0.15, 0.2) is 0 Å². The van der Waals surface area contributed by atoms with Crippen LogP contribution in [0.4, 0.5) is 4.79 Å². The van der Waals surface area contributed by atoms with Crippen molar-refractivity contribution in [2.75, 3.05) is 18.1 Å². The summed E-state index contributed by atoms with van der Waals surface area (Å²) in [5.74, 6) is 1.45. The molecule has 0 aromatic rings. The Kier molecular flexibility index (Phi) is 9.96. The fourth-order valence-electron chi connectivity index (χ4n) is 1.29. The molecule has 0 rings (SSSR count). The van der Waals surface area contributed by atoms with Gasteiger partial charge in [0.05, 0.1) is 5.75 Å². The SMILES string of the molecule is C#CCSCCNC(=O)N[C@H](CCCC(=O)O)C(=O)O. The first kappa shape index (κ1) is 18.1. The van der Waals surface area contributed by atoms with E-state index in [9.17, 15) is 14.4 Å². The predicted molar refractivity (Wildman–Crippen MR) is 75.6 cm³/mol. The van der Waals surface area contributed by atoms with Crippen molar-refractivity contribution >= 4 is 29.7 Å². The number of carbonyl (C=O) groups excluding carboxylic acids is 1. The van der Waals surface area contributed by atoms with Crippen LogP contribution < -0.4 is 10.6 Å². The molecule has 0 fully saturated rings. The van der Waals surface area contributed by atoms with Crippen LogP contribution in [0.1, 0.15) is 19.3 Å². The maximum absolute atomic E-state index is 11.4. The highest BCUT2D eigenvalue weighted by molar-refractivity contribution is 7.99. The maximum Gasteiger partial charge on any atom is 0.326 e. The molecule has 1 atom stereocenters. The van der Waals surface area contributed by atoms with E-state index in [1.165, 1.54) is 11.8 Å². The van der Waals surface area contributed by atoms with Crippen LogP contribution in [-0.4, -0.2) is 52.3 Å². The van der Waals surface area contributed by atoms with Gasteiger partial charge in [0.2, 0.25) is 0 Å². The molecule has 0 heterocycles. The number of nitrogens with one attached hydrogen (secondary N) is 2. The Morgan fingerprint density at radius 1 is 1.30 bits per heavy atom. The van der Waals surface area contributed by atoms with E-state index < -0.39 is 24.0 Å². The van der Waals surface area contributed by atoms with Gasteiger partial charge in [0.15, 0.2) is 0 Å². The lowest BCUT2D eigenvalue weighted by atomic mass is 10.1. The standard InChI is InChI=1S/C12H18N2O5S/c1-2-7-20-8-6-13-12(19)14-9(11(17)18)4-3-5-10(15)16/h1,9H,3-8H2,(H,15,16)(H,17,18)(H2,13,14,19)/t9-/m1/s1. The zero-order chi connectivity index (χ0) is 15.4. The first-order valence-electron chi connectivity index (χ1n) is 5.97. The molecule has 0 bridgehead atoms. The number of rotatable bonds is 10. The lowest BCUT2D eigenvalue weighted by Crippen LogP contribution is -2.46. The van der Waals surface area contributed by atoms with E-state index >= 15 is 0 Å². The lowest BCUT2D eigenvalue weighted by Gasteiger charge is -2.14. The van der Waals surface area contributed by atoms with E-state index in [0.717, 1.165) is 0 Å². The van der Waals surface area contributed by atoms with Crippen molar-refractivity contribution < 1.29 is 24.6 Å². The van der Waals surface area contributed by atoms with Gasteiger partial charge in [0, 0.05) is 18.7 Å². The molecule has 0 aliphatic carbocycles. The van der Waals surface area contributed by atoms with Crippen molar-refractivity contribution in [3.05, 3.63) is 0 Å². The second-order valence-electron chi connectivity index (χ2n) is 3.83. The van der Waals surface area contributed by atoms with Gasteiger partial charge < -0.3 is 20.8 Å². The zero-order valence-electron chi connectivity index (χ0n) is 10.9. The fraction of sp³-hybridized carbons (Fsp3) is 0.583. The average molecular weight is 302 g/mol. The number of carbonyl (C=O) groups is 3. The number of aliphatic carboxylic acids is 2. The molecule has 0 unspecified atom stereocenters. The number of carboxylic acid groups (broad SMARTS) is 2. The normalized spacial score (nSPS) is 11.2. The third-order valence-electron chi connectivity index (χ3n) is 2.20. The van der Waals surface area contributed by atoms with E-state index in [-0.39, 0.29) is 19.3 Å². The molecule has 0 aliphatic rings. The van der Waals surface area contributed by atoms with Crippen molar-refractivity contribution in [3.63, 3.8) is 0 Å². The molecule has 0 aromatic carbocycles. The number of urea groups is 1. The number of hydrogen-bond acceptors (Lipinski definition) is 4. The minimum atomic E-state index is -1.19. The highest BCUT2D eigenvalue weighted by atomic mass is 32.2. The van der Waals surface area contributed by atoms with Gasteiger partial charge in [-0.2, -0.15) is 0 Å². The summed E-state index contributed by atoms with van der Waals surface area (Å²) in [4.78, 5) is 32.7. The monoisotopic (exact) mass is 302 g/mol. The molecule has 7 nitrogen and oxygen atoms in total. The van der Waals surface area contributed by atoms with Crippen molar-refractivity contribution in [1.29, 1.82) is 0 Å². The molecule has 0 saturated carbocycles. The number of hydrogen-bond donors (Lipinski definition) is 4. The molecule has 0 radical (unpaired) electrons. The largest absolute Gasteiger partial charge is 0.481 e. The van der Waals surface area contributed by atoms with Gasteiger partial charge in [-0.3, -0.25) is 4.79 Å². The van der Waals surface area contributed by atoms with Gasteiger partial charge >= 0.3 is 18.0 Å². The predicted octanol–water partition coefficient (Wildman–Crippen LogP) is 0.360. The van der Waals surface area contributed by atoms with Gasteiger partial charge in [-0.05, 0) is 12.8 Å². The summed E-state index contributed by atoms with van der Waals surface area (Å²) in [6, 6.07) is -1.68. The zero-order valence-corrected chi connectivity index (χ0v) is 11.7. The highest BCUT2D eigenvalue weighted by Crippen LogP contribution is 2.02. The summed E-state index contributed by atoms with van der Waals surface area (Å²) in [7, 11) is 0. The van der Waals surface area contributed by atoms with Gasteiger partial charge in [-0.1, -0.05) is 5.92 Å². The van der Waals surface area contributed by atoms with Crippen LogP contribution in [0.3, 0.4) is 0 Å². The van der Waals surface area contributed by atoms with Crippen LogP contribution in [0, 0.1) is 12.3 Å². The Labute approximate surface area is 121 Å². The van der Waals surface area contributed by atoms with Crippen LogP contribution in [0.25, 0.3) is 0 Å². The van der Waals surface area contributed by atoms with E-state index in [2.05, 4.69) is 16.6 Å². The first-order valence-corrected chi connectivity index (χ1v) is 7.13. The van der Waals surface area contributed by atoms with Crippen LogP contribution in [-0.2, 0) is 9.59 Å². The Balaban J connectivity index is 3.93. The second kappa shape index (κ2) is 11.0. The van der Waals surface area contributed by atoms with Crippen molar-refractivity contribution in [2.24, 2.45) is 0 Å². The topological polar surface area (TPSA) is 116 Å². The molecule has 8 heteroatoms. The van der Waals surface area contributed by atoms with E-state index in [4.69, 9.17) is 16.6 Å². The lowest BCUT2D eigenvalue weighted by molar-refractivity contribution is -0.140. The molecule has 0 aliphatic heterocycles. The summed E-state index contributed by atoms with van der Waals surface area (Å²) >= 11 is 1.48. The second-order valence-corrected chi connectivity index (χ2v) is 4.94. The third-order valence-corrected chi connectivity index (χ3v) is 3.07. The number of carboxylic acids is 2. The number of amides is 2. The summed E-state index contributed by atoms with van der Waals surface area (Å²) in [6.07, 6.45) is 5.19. The summed E-state index contributed by atoms with van der Waals surface area (Å²) in [5, 5.41) is 22.2. The minimum Gasteiger partial charge on any atom is -0.481 e. The molecule has 112 valence electrons. The first-order chi connectivity index (χ1) is 9.47. The minimum absolute atomic E-state index is 0.0703. The van der Waals surface area contributed by atoms with Crippen molar-refractivity contribution in [3.8, 4) is 12.3 Å². The van der Waals surface area contributed by atoms with E-state index in [1.54, 1.807) is 0 Å². The molecular weight excluding hydrogens is 284 g/mol. The van der Waals surface area contributed by atoms with E-state index in [1.807, 2.05) is 0 Å². The third kappa shape index (κ3) is 10.1. The molecule has 2 amide bonds. The Bertz CT molecular complexity index is 381. The molecular formula is C12H18N2O5S. The van der Waals surface area contributed by atoms with Crippen LogP contribution >= 0.6 is 11.8 Å². The summed E-state index contributed by atoms with van der Waals surface area (Å²) < 4.78 is 0.